The van der Waals surface area contributed by atoms with Gasteiger partial charge in [0, 0.05) is 12.0 Å². The van der Waals surface area contributed by atoms with Gasteiger partial charge in [0.25, 0.3) is 5.91 Å². The molecule has 1 aromatic heterocycles. The standard InChI is InChI=1S/C19H23ClN4O3/c1-11(2)17-22-16(23-24(17)15-6-4-3-5-14(15)20)18(25)21-13-9-7-12(8-10-13)19(26)27/h3-6,11-13H,7-10H2,1-2H3,(H,21,25)(H,26,27). The summed E-state index contributed by atoms with van der Waals surface area (Å²) >= 11 is 6.28. The summed E-state index contributed by atoms with van der Waals surface area (Å²) in [5.74, 6) is -0.616. The number of hydrogen-bond donors (Lipinski definition) is 2. The molecule has 0 unspecified atom stereocenters. The zero-order valence-electron chi connectivity index (χ0n) is 15.4. The Balaban J connectivity index is 1.77. The molecule has 8 heteroatoms. The molecule has 0 spiro atoms. The third-order valence-corrected chi connectivity index (χ3v) is 5.16. The van der Waals surface area contributed by atoms with Crippen LogP contribution in [0.25, 0.3) is 5.69 Å². The molecule has 2 aromatic rings. The quantitative estimate of drug-likeness (QED) is 0.815. The van der Waals surface area contributed by atoms with Gasteiger partial charge in [-0.2, -0.15) is 0 Å². The van der Waals surface area contributed by atoms with Crippen molar-refractivity contribution < 1.29 is 14.7 Å². The highest BCUT2D eigenvalue weighted by molar-refractivity contribution is 6.32. The summed E-state index contributed by atoms with van der Waals surface area (Å²) in [7, 11) is 0. The number of carboxylic acid groups (broad SMARTS) is 1. The van der Waals surface area contributed by atoms with Crippen molar-refractivity contribution >= 4 is 23.5 Å². The first kappa shape index (κ1) is 19.4. The van der Waals surface area contributed by atoms with Crippen LogP contribution in [0.3, 0.4) is 0 Å². The summed E-state index contributed by atoms with van der Waals surface area (Å²) < 4.78 is 1.61. The molecule has 0 atom stereocenters. The zero-order valence-corrected chi connectivity index (χ0v) is 16.1. The third-order valence-electron chi connectivity index (χ3n) is 4.84. The molecule has 144 valence electrons. The molecular weight excluding hydrogens is 368 g/mol. The van der Waals surface area contributed by atoms with Crippen molar-refractivity contribution in [3.8, 4) is 5.69 Å². The summed E-state index contributed by atoms with van der Waals surface area (Å²) in [5, 5.41) is 16.9. The first-order valence-electron chi connectivity index (χ1n) is 9.12. The van der Waals surface area contributed by atoms with Crippen molar-refractivity contribution in [2.75, 3.05) is 0 Å². The Labute approximate surface area is 162 Å². The highest BCUT2D eigenvalue weighted by atomic mass is 35.5. The highest BCUT2D eigenvalue weighted by Crippen LogP contribution is 2.26. The van der Waals surface area contributed by atoms with Crippen LogP contribution >= 0.6 is 11.6 Å². The van der Waals surface area contributed by atoms with E-state index in [0.29, 0.717) is 42.2 Å². The monoisotopic (exact) mass is 390 g/mol. The van der Waals surface area contributed by atoms with Crippen LogP contribution in [-0.4, -0.2) is 37.8 Å². The lowest BCUT2D eigenvalue weighted by atomic mass is 9.86. The van der Waals surface area contributed by atoms with E-state index in [4.69, 9.17) is 16.7 Å². The van der Waals surface area contributed by atoms with Gasteiger partial charge in [0.05, 0.1) is 16.6 Å². The Morgan fingerprint density at radius 1 is 1.22 bits per heavy atom. The predicted molar refractivity (Wildman–Crippen MR) is 101 cm³/mol. The molecule has 3 rings (SSSR count). The average molecular weight is 391 g/mol. The average Bonchev–Trinajstić information content (AvgIpc) is 3.08. The molecule has 0 radical (unpaired) electrons. The number of carbonyl (C=O) groups is 2. The minimum atomic E-state index is -0.762. The molecule has 0 aliphatic heterocycles. The number of aromatic nitrogens is 3. The molecule has 1 amide bonds. The van der Waals surface area contributed by atoms with Crippen molar-refractivity contribution in [2.45, 2.75) is 51.5 Å². The fourth-order valence-corrected chi connectivity index (χ4v) is 3.55. The van der Waals surface area contributed by atoms with Crippen LogP contribution in [0.4, 0.5) is 0 Å². The molecular formula is C19H23ClN4O3. The van der Waals surface area contributed by atoms with Crippen molar-refractivity contribution in [1.29, 1.82) is 0 Å². The second-order valence-electron chi connectivity index (χ2n) is 7.17. The number of nitrogens with one attached hydrogen (secondary N) is 1. The molecule has 0 saturated heterocycles. The molecule has 1 heterocycles. The highest BCUT2D eigenvalue weighted by Gasteiger charge is 2.28. The van der Waals surface area contributed by atoms with E-state index in [1.54, 1.807) is 10.7 Å². The molecule has 1 aliphatic rings. The van der Waals surface area contributed by atoms with E-state index in [0.717, 1.165) is 0 Å². The lowest BCUT2D eigenvalue weighted by Gasteiger charge is -2.26. The van der Waals surface area contributed by atoms with Gasteiger partial charge < -0.3 is 10.4 Å². The van der Waals surface area contributed by atoms with Crippen LogP contribution in [0.2, 0.25) is 5.02 Å². The van der Waals surface area contributed by atoms with Gasteiger partial charge in [-0.3, -0.25) is 9.59 Å². The first-order chi connectivity index (χ1) is 12.9. The van der Waals surface area contributed by atoms with Gasteiger partial charge in [0.1, 0.15) is 5.82 Å². The minimum Gasteiger partial charge on any atom is -0.481 e. The van der Waals surface area contributed by atoms with Gasteiger partial charge in [-0.05, 0) is 37.8 Å². The molecule has 1 saturated carbocycles. The largest absolute Gasteiger partial charge is 0.481 e. The second-order valence-corrected chi connectivity index (χ2v) is 7.58. The van der Waals surface area contributed by atoms with E-state index in [2.05, 4.69) is 15.4 Å². The van der Waals surface area contributed by atoms with Crippen LogP contribution in [0.5, 0.6) is 0 Å². The van der Waals surface area contributed by atoms with E-state index in [1.165, 1.54) is 0 Å². The van der Waals surface area contributed by atoms with Crippen LogP contribution in [0.15, 0.2) is 24.3 Å². The molecule has 7 nitrogen and oxygen atoms in total. The van der Waals surface area contributed by atoms with Gasteiger partial charge in [-0.1, -0.05) is 37.6 Å². The Kier molecular flexibility index (Phi) is 5.79. The van der Waals surface area contributed by atoms with Gasteiger partial charge >= 0.3 is 5.97 Å². The fourth-order valence-electron chi connectivity index (χ4n) is 3.33. The molecule has 27 heavy (non-hydrogen) atoms. The number of hydrogen-bond acceptors (Lipinski definition) is 4. The summed E-state index contributed by atoms with van der Waals surface area (Å²) in [6, 6.07) is 7.23. The van der Waals surface area contributed by atoms with Crippen molar-refractivity contribution in [3.05, 3.63) is 40.9 Å². The number of halogens is 1. The minimum absolute atomic E-state index is 0.0529. The van der Waals surface area contributed by atoms with Gasteiger partial charge in [0.15, 0.2) is 0 Å². The molecule has 1 aliphatic carbocycles. The number of rotatable bonds is 5. The Bertz CT molecular complexity index is 841. The van der Waals surface area contributed by atoms with E-state index in [-0.39, 0.29) is 29.6 Å². The van der Waals surface area contributed by atoms with E-state index >= 15 is 0 Å². The summed E-state index contributed by atoms with van der Waals surface area (Å²) in [5.41, 5.74) is 0.677. The van der Waals surface area contributed by atoms with E-state index < -0.39 is 5.97 Å². The van der Waals surface area contributed by atoms with Crippen LogP contribution < -0.4 is 5.32 Å². The van der Waals surface area contributed by atoms with Crippen LogP contribution in [-0.2, 0) is 4.79 Å². The normalized spacial score (nSPS) is 19.9. The van der Waals surface area contributed by atoms with Gasteiger partial charge in [-0.25, -0.2) is 9.67 Å². The van der Waals surface area contributed by atoms with Crippen molar-refractivity contribution in [2.24, 2.45) is 5.92 Å². The molecule has 0 bridgehead atoms. The van der Waals surface area contributed by atoms with E-state index in [9.17, 15) is 9.59 Å². The summed E-state index contributed by atoms with van der Waals surface area (Å²) in [4.78, 5) is 28.1. The predicted octanol–water partition coefficient (Wildman–Crippen LogP) is 3.42. The van der Waals surface area contributed by atoms with Gasteiger partial charge in [0.2, 0.25) is 5.82 Å². The number of amides is 1. The van der Waals surface area contributed by atoms with Crippen molar-refractivity contribution in [1.82, 2.24) is 20.1 Å². The number of nitrogens with zero attached hydrogens (tertiary/aromatic N) is 3. The number of benzene rings is 1. The van der Waals surface area contributed by atoms with Crippen LogP contribution in [0.1, 0.15) is 61.9 Å². The molecule has 2 N–H and O–H groups in total. The number of para-hydroxylation sites is 1. The van der Waals surface area contributed by atoms with Crippen LogP contribution in [0, 0.1) is 5.92 Å². The Morgan fingerprint density at radius 2 is 1.89 bits per heavy atom. The SMILES string of the molecule is CC(C)c1nc(C(=O)NC2CCC(C(=O)O)CC2)nn1-c1ccccc1Cl. The van der Waals surface area contributed by atoms with E-state index in [1.807, 2.05) is 32.0 Å². The maximum Gasteiger partial charge on any atom is 0.306 e. The third kappa shape index (κ3) is 4.30. The smallest absolute Gasteiger partial charge is 0.306 e. The summed E-state index contributed by atoms with van der Waals surface area (Å²) in [6.45, 7) is 3.96. The van der Waals surface area contributed by atoms with Crippen molar-refractivity contribution in [3.63, 3.8) is 0 Å². The topological polar surface area (TPSA) is 97.1 Å². The number of carboxylic acids is 1. The Hall–Kier alpha value is -2.41. The zero-order chi connectivity index (χ0) is 19.6. The number of aliphatic carboxylic acids is 1. The lowest BCUT2D eigenvalue weighted by Crippen LogP contribution is -2.39. The maximum absolute atomic E-state index is 12.6. The number of carbonyl (C=O) groups excluding carboxylic acids is 1. The Morgan fingerprint density at radius 3 is 2.48 bits per heavy atom. The molecule has 1 fully saturated rings. The van der Waals surface area contributed by atoms with Gasteiger partial charge in [-0.15, -0.1) is 5.10 Å². The lowest BCUT2D eigenvalue weighted by molar-refractivity contribution is -0.142. The fraction of sp³-hybridized carbons (Fsp3) is 0.474. The summed E-state index contributed by atoms with van der Waals surface area (Å²) in [6.07, 6.45) is 2.42. The maximum atomic E-state index is 12.6. The second kappa shape index (κ2) is 8.08. The molecule has 1 aromatic carbocycles. The first-order valence-corrected chi connectivity index (χ1v) is 9.50.